The summed E-state index contributed by atoms with van der Waals surface area (Å²) in [5.41, 5.74) is -0.115. The minimum absolute atomic E-state index is 0.115. The zero-order valence-electron chi connectivity index (χ0n) is 11.7. The number of benzene rings is 1. The monoisotopic (exact) mass is 312 g/mol. The molecule has 1 aromatic rings. The Morgan fingerprint density at radius 3 is 2.71 bits per heavy atom. The molecule has 1 atom stereocenters. The van der Waals surface area contributed by atoms with Gasteiger partial charge in [0.2, 0.25) is 0 Å². The number of hydrogen-bond donors (Lipinski definition) is 1. The van der Waals surface area contributed by atoms with Crippen molar-refractivity contribution in [2.45, 2.75) is 44.8 Å². The highest BCUT2D eigenvalue weighted by Gasteiger charge is 2.22. The molecule has 0 aromatic heterocycles. The van der Waals surface area contributed by atoms with Crippen LogP contribution in [-0.4, -0.2) is 23.0 Å². The van der Waals surface area contributed by atoms with Gasteiger partial charge in [0.1, 0.15) is 5.75 Å². The number of amides is 1. The molecule has 1 saturated carbocycles. The van der Waals surface area contributed by atoms with Crippen molar-refractivity contribution >= 4 is 23.2 Å². The van der Waals surface area contributed by atoms with Crippen LogP contribution in [0.4, 0.5) is 5.69 Å². The lowest BCUT2D eigenvalue weighted by molar-refractivity contribution is -0.384. The largest absolute Gasteiger partial charge is 0.479 e. The molecule has 6 nitrogen and oxygen atoms in total. The number of rotatable bonds is 5. The van der Waals surface area contributed by atoms with Crippen LogP contribution < -0.4 is 10.1 Å². The van der Waals surface area contributed by atoms with Gasteiger partial charge in [-0.05, 0) is 25.8 Å². The molecule has 0 aliphatic heterocycles. The van der Waals surface area contributed by atoms with Gasteiger partial charge in [-0.1, -0.05) is 24.4 Å². The number of nitro benzene ring substituents is 1. The van der Waals surface area contributed by atoms with Crippen LogP contribution in [0.3, 0.4) is 0 Å². The van der Waals surface area contributed by atoms with E-state index in [1.807, 2.05) is 0 Å². The van der Waals surface area contributed by atoms with Gasteiger partial charge in [-0.15, -0.1) is 0 Å². The van der Waals surface area contributed by atoms with E-state index in [9.17, 15) is 14.9 Å². The zero-order valence-corrected chi connectivity index (χ0v) is 12.4. The topological polar surface area (TPSA) is 81.5 Å². The smallest absolute Gasteiger partial charge is 0.271 e. The number of non-ortho nitro benzene ring substituents is 1. The third-order valence-corrected chi connectivity index (χ3v) is 3.80. The first kappa shape index (κ1) is 15.6. The van der Waals surface area contributed by atoms with E-state index in [2.05, 4.69) is 5.32 Å². The number of carbonyl (C=O) groups excluding carboxylic acids is 1. The molecule has 2 rings (SSSR count). The first-order valence-electron chi connectivity index (χ1n) is 6.88. The molecule has 1 aromatic carbocycles. The van der Waals surface area contributed by atoms with Crippen molar-refractivity contribution in [2.75, 3.05) is 0 Å². The molecule has 0 unspecified atom stereocenters. The molecule has 0 saturated heterocycles. The molecule has 0 radical (unpaired) electrons. The van der Waals surface area contributed by atoms with Crippen LogP contribution in [0, 0.1) is 10.1 Å². The first-order chi connectivity index (χ1) is 9.97. The van der Waals surface area contributed by atoms with Crippen LogP contribution in [-0.2, 0) is 4.79 Å². The zero-order chi connectivity index (χ0) is 15.4. The van der Waals surface area contributed by atoms with Crippen molar-refractivity contribution in [2.24, 2.45) is 0 Å². The number of ether oxygens (including phenoxy) is 1. The van der Waals surface area contributed by atoms with Gasteiger partial charge < -0.3 is 10.1 Å². The van der Waals surface area contributed by atoms with Crippen molar-refractivity contribution in [3.63, 3.8) is 0 Å². The van der Waals surface area contributed by atoms with Gasteiger partial charge in [-0.25, -0.2) is 0 Å². The summed E-state index contributed by atoms with van der Waals surface area (Å²) in [6.07, 6.45) is 3.56. The summed E-state index contributed by atoms with van der Waals surface area (Å²) in [6.45, 7) is 1.63. The maximum absolute atomic E-state index is 12.0. The number of nitrogens with zero attached hydrogens (tertiary/aromatic N) is 1. The average molecular weight is 313 g/mol. The highest BCUT2D eigenvalue weighted by atomic mass is 35.5. The standard InChI is InChI=1S/C14H17ClN2O4/c1-9(14(18)16-10-4-2-3-5-10)21-13-7-6-11(17(19)20)8-12(13)15/h6-10H,2-5H2,1H3,(H,16,18)/t9-/m0/s1. The lowest BCUT2D eigenvalue weighted by Crippen LogP contribution is -2.41. The lowest BCUT2D eigenvalue weighted by Gasteiger charge is -2.18. The average Bonchev–Trinajstić information content (AvgIpc) is 2.93. The Kier molecular flexibility index (Phi) is 5.01. The minimum atomic E-state index is -0.704. The van der Waals surface area contributed by atoms with Gasteiger partial charge >= 0.3 is 0 Å². The molecule has 1 fully saturated rings. The molecule has 0 spiro atoms. The molecular weight excluding hydrogens is 296 g/mol. The molecule has 0 bridgehead atoms. The predicted molar refractivity (Wildman–Crippen MR) is 78.6 cm³/mol. The summed E-state index contributed by atoms with van der Waals surface area (Å²) in [5.74, 6) is 0.0626. The van der Waals surface area contributed by atoms with Gasteiger partial charge in [-0.2, -0.15) is 0 Å². The van der Waals surface area contributed by atoms with Crippen LogP contribution in [0.15, 0.2) is 18.2 Å². The van der Waals surface area contributed by atoms with E-state index >= 15 is 0 Å². The molecule has 21 heavy (non-hydrogen) atoms. The van der Waals surface area contributed by atoms with Crippen LogP contribution in [0.5, 0.6) is 5.75 Å². The van der Waals surface area contributed by atoms with Crippen LogP contribution in [0.1, 0.15) is 32.6 Å². The van der Waals surface area contributed by atoms with E-state index in [0.29, 0.717) is 0 Å². The number of carbonyl (C=O) groups is 1. The fourth-order valence-corrected chi connectivity index (χ4v) is 2.55. The quantitative estimate of drug-likeness (QED) is 0.669. The third kappa shape index (κ3) is 4.07. The van der Waals surface area contributed by atoms with E-state index in [0.717, 1.165) is 25.7 Å². The lowest BCUT2D eigenvalue weighted by atomic mass is 10.2. The van der Waals surface area contributed by atoms with Crippen molar-refractivity contribution in [3.05, 3.63) is 33.3 Å². The van der Waals surface area contributed by atoms with E-state index in [1.54, 1.807) is 6.92 Å². The summed E-state index contributed by atoms with van der Waals surface area (Å²) >= 11 is 5.93. The Hall–Kier alpha value is -1.82. The molecule has 0 heterocycles. The van der Waals surface area contributed by atoms with Crippen LogP contribution in [0.25, 0.3) is 0 Å². The summed E-state index contributed by atoms with van der Waals surface area (Å²) in [7, 11) is 0. The third-order valence-electron chi connectivity index (χ3n) is 3.50. The number of nitro groups is 1. The fraction of sp³-hybridized carbons (Fsp3) is 0.500. The number of hydrogen-bond acceptors (Lipinski definition) is 4. The SMILES string of the molecule is C[C@H](Oc1ccc([N+](=O)[O-])cc1Cl)C(=O)NC1CCCC1. The molecule has 1 aliphatic rings. The van der Waals surface area contributed by atoms with Gasteiger partial charge in [0, 0.05) is 18.2 Å². The summed E-state index contributed by atoms with van der Waals surface area (Å²) < 4.78 is 5.49. The maximum Gasteiger partial charge on any atom is 0.271 e. The van der Waals surface area contributed by atoms with Crippen molar-refractivity contribution in [1.82, 2.24) is 5.32 Å². The van der Waals surface area contributed by atoms with Crippen LogP contribution in [0.2, 0.25) is 5.02 Å². The van der Waals surface area contributed by atoms with E-state index in [1.165, 1.54) is 18.2 Å². The Labute approximate surface area is 127 Å². The summed E-state index contributed by atoms with van der Waals surface area (Å²) in [5, 5.41) is 13.7. The highest BCUT2D eigenvalue weighted by molar-refractivity contribution is 6.32. The second-order valence-corrected chi connectivity index (χ2v) is 5.53. The normalized spacial score (nSPS) is 16.5. The van der Waals surface area contributed by atoms with Crippen molar-refractivity contribution < 1.29 is 14.5 Å². The molecule has 1 aliphatic carbocycles. The van der Waals surface area contributed by atoms with Gasteiger partial charge in [0.05, 0.1) is 9.95 Å². The Balaban J connectivity index is 1.96. The minimum Gasteiger partial charge on any atom is -0.479 e. The molecule has 114 valence electrons. The maximum atomic E-state index is 12.0. The van der Waals surface area contributed by atoms with Gasteiger partial charge in [-0.3, -0.25) is 14.9 Å². The van der Waals surface area contributed by atoms with E-state index in [4.69, 9.17) is 16.3 Å². The Morgan fingerprint density at radius 1 is 1.48 bits per heavy atom. The number of nitrogens with one attached hydrogen (secondary N) is 1. The second-order valence-electron chi connectivity index (χ2n) is 5.12. The summed E-state index contributed by atoms with van der Waals surface area (Å²) in [6, 6.07) is 4.12. The Morgan fingerprint density at radius 2 is 2.14 bits per heavy atom. The first-order valence-corrected chi connectivity index (χ1v) is 7.26. The van der Waals surface area contributed by atoms with Crippen LogP contribution >= 0.6 is 11.6 Å². The molecule has 7 heteroatoms. The van der Waals surface area contributed by atoms with Gasteiger partial charge in [0.25, 0.3) is 11.6 Å². The van der Waals surface area contributed by atoms with Gasteiger partial charge in [0.15, 0.2) is 6.10 Å². The van der Waals surface area contributed by atoms with Crippen molar-refractivity contribution in [3.8, 4) is 5.75 Å². The van der Waals surface area contributed by atoms with E-state index < -0.39 is 11.0 Å². The Bertz CT molecular complexity index is 544. The number of halogens is 1. The van der Waals surface area contributed by atoms with E-state index in [-0.39, 0.29) is 28.4 Å². The molecular formula is C14H17ClN2O4. The second kappa shape index (κ2) is 6.76. The van der Waals surface area contributed by atoms with Crippen molar-refractivity contribution in [1.29, 1.82) is 0 Å². The fourth-order valence-electron chi connectivity index (χ4n) is 2.33. The molecule has 1 amide bonds. The molecule has 1 N–H and O–H groups in total. The highest BCUT2D eigenvalue weighted by Crippen LogP contribution is 2.29. The predicted octanol–water partition coefficient (Wildman–Crippen LogP) is 3.07. The summed E-state index contributed by atoms with van der Waals surface area (Å²) in [4.78, 5) is 22.1.